The molecule has 0 bridgehead atoms. The number of aliphatic hydroxyl groups is 2. The fraction of sp³-hybridized carbons (Fsp3) is 0.353. The van der Waals surface area contributed by atoms with E-state index in [0.717, 1.165) is 10.8 Å². The van der Waals surface area contributed by atoms with Crippen molar-refractivity contribution < 1.29 is 48.1 Å². The zero-order valence-electron chi connectivity index (χ0n) is 16.7. The summed E-state index contributed by atoms with van der Waals surface area (Å²) in [7, 11) is -9.57. The van der Waals surface area contributed by atoms with Gasteiger partial charge >= 0.3 is 20.9 Å². The maximum atomic E-state index is 12.4. The molecule has 0 radical (unpaired) electrons. The molecule has 0 spiro atoms. The number of aliphatic hydroxyl groups excluding tert-OH is 2. The molecule has 5 atom stereocenters. The average Bonchev–Trinajstić information content (AvgIpc) is 3.00. The normalized spacial score (nSPS) is 24.9. The van der Waals surface area contributed by atoms with Crippen molar-refractivity contribution >= 4 is 26.9 Å². The van der Waals surface area contributed by atoms with Crippen LogP contribution in [0.1, 0.15) is 16.6 Å². The third-order valence-electron chi connectivity index (χ3n) is 4.52. The summed E-state index contributed by atoms with van der Waals surface area (Å²) in [4.78, 5) is 55.4. The van der Waals surface area contributed by atoms with Crippen molar-refractivity contribution in [1.29, 1.82) is 0 Å². The Morgan fingerprint density at radius 1 is 1.12 bits per heavy atom. The van der Waals surface area contributed by atoms with Gasteiger partial charge in [-0.05, 0) is 18.2 Å². The monoisotopic (exact) mass is 505 g/mol. The second-order valence-corrected chi connectivity index (χ2v) is 11.1. The van der Waals surface area contributed by atoms with Crippen LogP contribution in [0.4, 0.5) is 5.82 Å². The molecular formula is C17H21N3O11P2. The van der Waals surface area contributed by atoms with Gasteiger partial charge in [-0.2, -0.15) is 4.98 Å². The van der Waals surface area contributed by atoms with Crippen molar-refractivity contribution in [2.45, 2.75) is 24.5 Å². The summed E-state index contributed by atoms with van der Waals surface area (Å²) >= 11 is 0. The van der Waals surface area contributed by atoms with Crippen LogP contribution < -0.4 is 11.0 Å². The molecule has 1 amide bonds. The third kappa shape index (κ3) is 6.64. The standard InChI is InChI=1S/C17H21N3O11P2/c21-13-11(8-30-33(28,29)9-32(25,26)27)31-16(14(13)22)20-7-6-12(19-17(20)24)18-15(23)10-4-2-1-3-5-10/h1-7,11,13-14,16,21-22H,8-9H2,(H,28,29)(H2,25,26,27)(H,18,19,23,24). The number of carbonyl (C=O) groups is 1. The van der Waals surface area contributed by atoms with Crippen LogP contribution in [-0.2, 0) is 18.4 Å². The summed E-state index contributed by atoms with van der Waals surface area (Å²) in [5.74, 6) is -2.01. The number of nitrogens with zero attached hydrogens (tertiary/aromatic N) is 2. The minimum absolute atomic E-state index is 0.0725. The number of anilines is 1. The molecule has 1 aromatic carbocycles. The van der Waals surface area contributed by atoms with Gasteiger partial charge in [0.15, 0.2) is 12.1 Å². The average molecular weight is 505 g/mol. The molecule has 1 fully saturated rings. The van der Waals surface area contributed by atoms with Crippen LogP contribution in [0.5, 0.6) is 0 Å². The van der Waals surface area contributed by atoms with Crippen molar-refractivity contribution in [2.75, 3.05) is 17.8 Å². The number of hydrogen-bond acceptors (Lipinski definition) is 9. The molecule has 0 aliphatic carbocycles. The Bertz CT molecular complexity index is 1150. The van der Waals surface area contributed by atoms with Crippen LogP contribution in [0.15, 0.2) is 47.4 Å². The minimum atomic E-state index is -4.85. The predicted molar refractivity (Wildman–Crippen MR) is 112 cm³/mol. The number of carbonyl (C=O) groups excluding carboxylic acids is 1. The van der Waals surface area contributed by atoms with E-state index in [1.165, 1.54) is 6.07 Å². The van der Waals surface area contributed by atoms with Crippen LogP contribution in [0.3, 0.4) is 0 Å². The quantitative estimate of drug-likeness (QED) is 0.249. The van der Waals surface area contributed by atoms with Gasteiger partial charge in [0.1, 0.15) is 24.1 Å². The van der Waals surface area contributed by atoms with Gasteiger partial charge in [-0.25, -0.2) is 4.79 Å². The van der Waals surface area contributed by atoms with Gasteiger partial charge in [0.25, 0.3) is 5.91 Å². The zero-order chi connectivity index (χ0) is 24.4. The number of aromatic nitrogens is 2. The van der Waals surface area contributed by atoms with Crippen molar-refractivity contribution in [3.05, 3.63) is 58.6 Å². The Hall–Kier alpha value is -2.25. The first kappa shape index (κ1) is 25.4. The summed E-state index contributed by atoms with van der Waals surface area (Å²) < 4.78 is 33.4. The van der Waals surface area contributed by atoms with Crippen molar-refractivity contribution in [3.8, 4) is 0 Å². The molecule has 6 N–H and O–H groups in total. The Morgan fingerprint density at radius 2 is 1.79 bits per heavy atom. The highest BCUT2D eigenvalue weighted by atomic mass is 31.2. The van der Waals surface area contributed by atoms with E-state index >= 15 is 0 Å². The van der Waals surface area contributed by atoms with Crippen LogP contribution in [0, 0.1) is 0 Å². The Labute approximate surface area is 186 Å². The SMILES string of the molecule is O=C(Nc1ccn(C2OC(COP(=O)(O)CP(=O)(O)O)C(O)C2O)c(=O)n1)c1ccccc1. The number of hydrogen-bond donors (Lipinski definition) is 6. The van der Waals surface area contributed by atoms with E-state index in [1.54, 1.807) is 30.3 Å². The van der Waals surface area contributed by atoms with Crippen LogP contribution >= 0.6 is 15.2 Å². The van der Waals surface area contributed by atoms with E-state index in [-0.39, 0.29) is 5.82 Å². The van der Waals surface area contributed by atoms with E-state index < -0.39 is 63.8 Å². The second kappa shape index (κ2) is 9.94. The van der Waals surface area contributed by atoms with Gasteiger partial charge in [-0.3, -0.25) is 18.5 Å². The molecule has 0 saturated carbocycles. The first-order valence-corrected chi connectivity index (χ1v) is 12.9. The number of nitrogens with one attached hydrogen (secondary N) is 1. The first-order chi connectivity index (χ1) is 15.4. The van der Waals surface area contributed by atoms with Crippen LogP contribution in [-0.4, -0.2) is 71.2 Å². The van der Waals surface area contributed by atoms with Gasteiger partial charge in [0, 0.05) is 11.8 Å². The number of rotatable bonds is 8. The highest BCUT2D eigenvalue weighted by molar-refractivity contribution is 7.70. The molecule has 33 heavy (non-hydrogen) atoms. The number of benzene rings is 1. The number of amides is 1. The molecule has 1 aromatic heterocycles. The molecular weight excluding hydrogens is 484 g/mol. The van der Waals surface area contributed by atoms with Gasteiger partial charge in [0.05, 0.1) is 6.61 Å². The van der Waals surface area contributed by atoms with Crippen LogP contribution in [0.2, 0.25) is 0 Å². The topological polar surface area (TPSA) is 218 Å². The summed E-state index contributed by atoms with van der Waals surface area (Å²) in [5, 5.41) is 22.8. The van der Waals surface area contributed by atoms with Crippen molar-refractivity contribution in [3.63, 3.8) is 0 Å². The summed E-state index contributed by atoms with van der Waals surface area (Å²) in [6.45, 7) is -0.796. The minimum Gasteiger partial charge on any atom is -0.387 e. The molecule has 1 aliphatic rings. The molecule has 5 unspecified atom stereocenters. The lowest BCUT2D eigenvalue weighted by Gasteiger charge is -2.18. The molecule has 1 saturated heterocycles. The van der Waals surface area contributed by atoms with Crippen LogP contribution in [0.25, 0.3) is 0 Å². The fourth-order valence-electron chi connectivity index (χ4n) is 3.01. The van der Waals surface area contributed by atoms with Gasteiger partial charge in [-0.1, -0.05) is 18.2 Å². The van der Waals surface area contributed by atoms with E-state index in [2.05, 4.69) is 14.8 Å². The van der Waals surface area contributed by atoms with E-state index in [9.17, 15) is 33.8 Å². The van der Waals surface area contributed by atoms with Gasteiger partial charge < -0.3 is 39.5 Å². The Balaban J connectivity index is 1.68. The third-order valence-corrected chi connectivity index (χ3v) is 7.98. The summed E-state index contributed by atoms with van der Waals surface area (Å²) in [5.41, 5.74) is -0.600. The Morgan fingerprint density at radius 3 is 2.39 bits per heavy atom. The lowest BCUT2D eigenvalue weighted by molar-refractivity contribution is -0.0523. The predicted octanol–water partition coefficient (Wildman–Crippen LogP) is -0.548. The maximum absolute atomic E-state index is 12.4. The molecule has 2 aromatic rings. The van der Waals surface area contributed by atoms with E-state index in [0.29, 0.717) is 5.56 Å². The Kier molecular flexibility index (Phi) is 7.64. The van der Waals surface area contributed by atoms with Gasteiger partial charge in [0.2, 0.25) is 0 Å². The molecule has 1 aliphatic heterocycles. The molecule has 16 heteroatoms. The summed E-state index contributed by atoms with van der Waals surface area (Å²) in [6.07, 6.45) is -5.01. The highest BCUT2D eigenvalue weighted by Gasteiger charge is 2.45. The highest BCUT2D eigenvalue weighted by Crippen LogP contribution is 2.55. The van der Waals surface area contributed by atoms with Gasteiger partial charge in [-0.15, -0.1) is 0 Å². The second-order valence-electron chi connectivity index (χ2n) is 7.11. The largest absolute Gasteiger partial charge is 0.387 e. The molecule has 180 valence electrons. The van der Waals surface area contributed by atoms with E-state index in [1.807, 2.05) is 0 Å². The molecule has 2 heterocycles. The lowest BCUT2D eigenvalue weighted by Crippen LogP contribution is -2.36. The molecule has 3 rings (SSSR count). The molecule has 14 nitrogen and oxygen atoms in total. The number of ether oxygens (including phenoxy) is 1. The zero-order valence-corrected chi connectivity index (χ0v) is 18.5. The van der Waals surface area contributed by atoms with Crippen molar-refractivity contribution in [1.82, 2.24) is 9.55 Å². The smallest absolute Gasteiger partial charge is 0.351 e. The van der Waals surface area contributed by atoms with Crippen molar-refractivity contribution in [2.24, 2.45) is 0 Å². The fourth-order valence-corrected chi connectivity index (χ4v) is 5.58. The summed E-state index contributed by atoms with van der Waals surface area (Å²) in [6, 6.07) is 9.43. The first-order valence-electron chi connectivity index (χ1n) is 9.34. The van der Waals surface area contributed by atoms with E-state index in [4.69, 9.17) is 14.5 Å². The maximum Gasteiger partial charge on any atom is 0.351 e. The lowest BCUT2D eigenvalue weighted by atomic mass is 10.1.